The summed E-state index contributed by atoms with van der Waals surface area (Å²) < 4.78 is 11.4. The zero-order valence-electron chi connectivity index (χ0n) is 17.1. The van der Waals surface area contributed by atoms with Gasteiger partial charge in [-0.3, -0.25) is 4.79 Å². The van der Waals surface area contributed by atoms with Crippen LogP contribution in [0.25, 0.3) is 11.0 Å². The standard InChI is InChI=1S/C23H27N3O3S/c1-30-14-12-21(22-24-19-6-2-3-7-20(19)25-22)26-23(27)16-8-10-17(11-9-16)29-15-18-5-4-13-28-18/h2-3,6-11,18,21H,4-5,12-15H2,1H3,(H,24,25)(H,26,27)/t18-,21+/m1/s1. The summed E-state index contributed by atoms with van der Waals surface area (Å²) in [6.45, 7) is 1.37. The van der Waals surface area contributed by atoms with Gasteiger partial charge in [0.15, 0.2) is 0 Å². The number of carbonyl (C=O) groups excluding carboxylic acids is 1. The van der Waals surface area contributed by atoms with Crippen molar-refractivity contribution >= 4 is 28.7 Å². The lowest BCUT2D eigenvalue weighted by Crippen LogP contribution is -2.29. The fraction of sp³-hybridized carbons (Fsp3) is 0.391. The first-order valence-corrected chi connectivity index (χ1v) is 11.7. The minimum Gasteiger partial charge on any atom is -0.491 e. The summed E-state index contributed by atoms with van der Waals surface area (Å²) in [6.07, 6.45) is 5.17. The summed E-state index contributed by atoms with van der Waals surface area (Å²) >= 11 is 1.75. The average Bonchev–Trinajstić information content (AvgIpc) is 3.45. The largest absolute Gasteiger partial charge is 0.491 e. The zero-order chi connectivity index (χ0) is 20.8. The predicted molar refractivity (Wildman–Crippen MR) is 120 cm³/mol. The number of rotatable bonds is 9. The second-order valence-electron chi connectivity index (χ2n) is 7.42. The number of thioether (sulfide) groups is 1. The lowest BCUT2D eigenvalue weighted by molar-refractivity contribution is 0.0679. The molecule has 0 aliphatic carbocycles. The second-order valence-corrected chi connectivity index (χ2v) is 8.40. The number of aromatic amines is 1. The lowest BCUT2D eigenvalue weighted by atomic mass is 10.1. The van der Waals surface area contributed by atoms with Gasteiger partial charge in [-0.05, 0) is 67.7 Å². The zero-order valence-corrected chi connectivity index (χ0v) is 17.9. The molecule has 1 aliphatic rings. The summed E-state index contributed by atoms with van der Waals surface area (Å²) in [4.78, 5) is 20.9. The van der Waals surface area contributed by atoms with Crippen LogP contribution in [0.2, 0.25) is 0 Å². The molecule has 2 aromatic carbocycles. The average molecular weight is 426 g/mol. The van der Waals surface area contributed by atoms with Gasteiger partial charge in [-0.25, -0.2) is 4.98 Å². The van der Waals surface area contributed by atoms with E-state index in [1.54, 1.807) is 23.9 Å². The van der Waals surface area contributed by atoms with E-state index in [4.69, 9.17) is 9.47 Å². The number of imidazole rings is 1. The van der Waals surface area contributed by atoms with Crippen molar-refractivity contribution in [3.05, 3.63) is 59.9 Å². The van der Waals surface area contributed by atoms with Crippen molar-refractivity contribution < 1.29 is 14.3 Å². The highest BCUT2D eigenvalue weighted by Gasteiger charge is 2.19. The van der Waals surface area contributed by atoms with Gasteiger partial charge in [0.25, 0.3) is 5.91 Å². The van der Waals surface area contributed by atoms with E-state index in [1.807, 2.05) is 36.4 Å². The quantitative estimate of drug-likeness (QED) is 0.533. The summed E-state index contributed by atoms with van der Waals surface area (Å²) in [5.41, 5.74) is 2.48. The van der Waals surface area contributed by atoms with Gasteiger partial charge in [-0.1, -0.05) is 12.1 Å². The Labute approximate surface area is 180 Å². The molecular weight excluding hydrogens is 398 g/mol. The number of para-hydroxylation sites is 2. The van der Waals surface area contributed by atoms with Crippen molar-refractivity contribution in [1.82, 2.24) is 15.3 Å². The Balaban J connectivity index is 1.41. The highest BCUT2D eigenvalue weighted by atomic mass is 32.2. The summed E-state index contributed by atoms with van der Waals surface area (Å²) in [6, 6.07) is 15.0. The minimum absolute atomic E-state index is 0.118. The van der Waals surface area contributed by atoms with Crippen LogP contribution in [0.3, 0.4) is 0 Å². The van der Waals surface area contributed by atoms with Crippen molar-refractivity contribution in [2.24, 2.45) is 0 Å². The number of fused-ring (bicyclic) bond motifs is 1. The fourth-order valence-corrected chi connectivity index (χ4v) is 4.03. The van der Waals surface area contributed by atoms with Crippen LogP contribution in [-0.4, -0.2) is 47.2 Å². The van der Waals surface area contributed by atoms with Gasteiger partial charge in [0.05, 0.1) is 23.2 Å². The van der Waals surface area contributed by atoms with Gasteiger partial charge in [-0.2, -0.15) is 11.8 Å². The third kappa shape index (κ3) is 5.15. The van der Waals surface area contributed by atoms with E-state index in [0.29, 0.717) is 12.2 Å². The first-order chi connectivity index (χ1) is 14.7. The number of hydrogen-bond acceptors (Lipinski definition) is 5. The number of benzene rings is 2. The van der Waals surface area contributed by atoms with Crippen LogP contribution in [0.1, 0.15) is 41.5 Å². The van der Waals surface area contributed by atoms with Gasteiger partial charge in [0.1, 0.15) is 18.2 Å². The Bertz CT molecular complexity index is 934. The summed E-state index contributed by atoms with van der Waals surface area (Å²) in [5.74, 6) is 2.35. The minimum atomic E-state index is -0.173. The molecule has 0 spiro atoms. The smallest absolute Gasteiger partial charge is 0.251 e. The maximum Gasteiger partial charge on any atom is 0.251 e. The Hall–Kier alpha value is -2.51. The molecule has 4 rings (SSSR count). The SMILES string of the molecule is CSCC[C@H](NC(=O)c1ccc(OC[C@H]2CCCO2)cc1)c1nc2ccccc2[nH]1. The van der Waals surface area contributed by atoms with Gasteiger partial charge < -0.3 is 19.8 Å². The first kappa shape index (κ1) is 20.8. The number of hydrogen-bond donors (Lipinski definition) is 2. The highest BCUT2D eigenvalue weighted by Crippen LogP contribution is 2.21. The van der Waals surface area contributed by atoms with Crippen molar-refractivity contribution in [3.8, 4) is 5.75 Å². The molecule has 1 fully saturated rings. The normalized spacial score (nSPS) is 17.2. The lowest BCUT2D eigenvalue weighted by Gasteiger charge is -2.17. The van der Waals surface area contributed by atoms with Crippen molar-refractivity contribution in [2.75, 3.05) is 25.2 Å². The monoisotopic (exact) mass is 425 g/mol. The van der Waals surface area contributed by atoms with Crippen LogP contribution >= 0.6 is 11.8 Å². The number of amides is 1. The number of H-pyrrole nitrogens is 1. The van der Waals surface area contributed by atoms with E-state index >= 15 is 0 Å². The van der Waals surface area contributed by atoms with Gasteiger partial charge in [0.2, 0.25) is 0 Å². The molecule has 3 aromatic rings. The van der Waals surface area contributed by atoms with E-state index in [1.165, 1.54) is 0 Å². The first-order valence-electron chi connectivity index (χ1n) is 10.3. The van der Waals surface area contributed by atoms with Crippen LogP contribution in [0.5, 0.6) is 5.75 Å². The van der Waals surface area contributed by atoms with Crippen LogP contribution < -0.4 is 10.1 Å². The third-order valence-corrected chi connectivity index (χ3v) is 5.87. The molecule has 6 nitrogen and oxygen atoms in total. The van der Waals surface area contributed by atoms with Crippen LogP contribution in [-0.2, 0) is 4.74 Å². The van der Waals surface area contributed by atoms with E-state index in [2.05, 4.69) is 21.5 Å². The topological polar surface area (TPSA) is 76.2 Å². The maximum absolute atomic E-state index is 12.9. The molecular formula is C23H27N3O3S. The molecule has 0 bridgehead atoms. The molecule has 30 heavy (non-hydrogen) atoms. The van der Waals surface area contributed by atoms with Crippen molar-refractivity contribution in [1.29, 1.82) is 0 Å². The molecule has 2 atom stereocenters. The third-order valence-electron chi connectivity index (χ3n) is 5.23. The number of nitrogens with zero attached hydrogens (tertiary/aromatic N) is 1. The van der Waals surface area contributed by atoms with Crippen LogP contribution in [0.4, 0.5) is 0 Å². The van der Waals surface area contributed by atoms with Gasteiger partial charge >= 0.3 is 0 Å². The predicted octanol–water partition coefficient (Wildman–Crippen LogP) is 4.34. The number of nitrogens with one attached hydrogen (secondary N) is 2. The van der Waals surface area contributed by atoms with Crippen LogP contribution in [0.15, 0.2) is 48.5 Å². The molecule has 0 radical (unpaired) electrons. The maximum atomic E-state index is 12.9. The number of carbonyl (C=O) groups is 1. The van der Waals surface area contributed by atoms with E-state index < -0.39 is 0 Å². The Morgan fingerprint density at radius 1 is 1.30 bits per heavy atom. The fourth-order valence-electron chi connectivity index (χ4n) is 3.56. The molecule has 158 valence electrons. The molecule has 0 saturated carbocycles. The highest BCUT2D eigenvalue weighted by molar-refractivity contribution is 7.98. The van der Waals surface area contributed by atoms with Gasteiger partial charge in [0, 0.05) is 12.2 Å². The molecule has 1 amide bonds. The second kappa shape index (κ2) is 10.00. The summed E-state index contributed by atoms with van der Waals surface area (Å²) in [7, 11) is 0. The molecule has 2 heterocycles. The van der Waals surface area contributed by atoms with Crippen molar-refractivity contribution in [2.45, 2.75) is 31.4 Å². The Morgan fingerprint density at radius 3 is 2.87 bits per heavy atom. The summed E-state index contributed by atoms with van der Waals surface area (Å²) in [5, 5.41) is 3.13. The Kier molecular flexibility index (Phi) is 6.92. The molecule has 7 heteroatoms. The molecule has 2 N–H and O–H groups in total. The van der Waals surface area contributed by atoms with Crippen LogP contribution in [0, 0.1) is 0 Å². The molecule has 1 saturated heterocycles. The molecule has 1 aliphatic heterocycles. The van der Waals surface area contributed by atoms with Crippen molar-refractivity contribution in [3.63, 3.8) is 0 Å². The number of aromatic nitrogens is 2. The van der Waals surface area contributed by atoms with E-state index in [-0.39, 0.29) is 18.1 Å². The Morgan fingerprint density at radius 2 is 2.13 bits per heavy atom. The van der Waals surface area contributed by atoms with E-state index in [0.717, 1.165) is 54.2 Å². The van der Waals surface area contributed by atoms with Gasteiger partial charge in [-0.15, -0.1) is 0 Å². The van der Waals surface area contributed by atoms with E-state index in [9.17, 15) is 4.79 Å². The molecule has 1 aromatic heterocycles. The molecule has 0 unspecified atom stereocenters. The number of ether oxygens (including phenoxy) is 2.